The molecule has 0 saturated heterocycles. The SMILES string of the molecule is CC(=O)C=C(C)O.CC(=O)C=C(C)O.Cc1cc(C(C)(C)C)cc(C)c1-c1cc2cc(-c3[c-]ccc4c3oc3ccccc34)ncc2s1.Cc1cc(C)cc(-c2cc3cc(-c4[c-]ccc5c4oc4ccccc45)ncc3s2)c1.[Ir].[Ir]. The molecule has 0 aliphatic heterocycles. The minimum absolute atomic E-state index is 0. The van der Waals surface area contributed by atoms with Gasteiger partial charge in [-0.2, -0.15) is 0 Å². The van der Waals surface area contributed by atoms with Gasteiger partial charge < -0.3 is 29.0 Å². The second-order valence-electron chi connectivity index (χ2n) is 20.7. The number of rotatable bonds is 6. The number of ketones is 2. The summed E-state index contributed by atoms with van der Waals surface area (Å²) >= 11 is 3.59. The molecule has 0 atom stereocenters. The number of para-hydroxylation sites is 2. The molecular weight excluding hydrogens is 1390 g/mol. The van der Waals surface area contributed by atoms with E-state index in [9.17, 15) is 9.59 Å². The molecule has 0 saturated carbocycles. The number of fused-ring (bicyclic) bond motifs is 8. The maximum atomic E-state index is 10.0. The maximum Gasteiger partial charge on any atom is 0.155 e. The van der Waals surface area contributed by atoms with E-state index in [-0.39, 0.29) is 68.7 Å². The molecule has 410 valence electrons. The Kier molecular flexibility index (Phi) is 19.3. The molecule has 12 aromatic rings. The van der Waals surface area contributed by atoms with Gasteiger partial charge >= 0.3 is 0 Å². The van der Waals surface area contributed by atoms with E-state index in [1.807, 2.05) is 72.3 Å². The van der Waals surface area contributed by atoms with Gasteiger partial charge in [-0.1, -0.05) is 133 Å². The van der Waals surface area contributed by atoms with Crippen LogP contribution < -0.4 is 0 Å². The van der Waals surface area contributed by atoms with Crippen LogP contribution in [-0.2, 0) is 55.2 Å². The van der Waals surface area contributed by atoms with Crippen molar-refractivity contribution in [3.8, 4) is 43.4 Å². The summed E-state index contributed by atoms with van der Waals surface area (Å²) in [6, 6.07) is 51.3. The van der Waals surface area contributed by atoms with Crippen molar-refractivity contribution in [2.24, 2.45) is 0 Å². The zero-order chi connectivity index (χ0) is 55.6. The molecule has 2 radical (unpaired) electrons. The Morgan fingerprint density at radius 1 is 0.550 bits per heavy atom. The summed E-state index contributed by atoms with van der Waals surface area (Å²) in [6.07, 6.45) is 6.29. The van der Waals surface area contributed by atoms with Crippen molar-refractivity contribution in [3.63, 3.8) is 0 Å². The number of benzene rings is 6. The van der Waals surface area contributed by atoms with Crippen LogP contribution in [-0.4, -0.2) is 31.7 Å². The Hall–Kier alpha value is -7.14. The van der Waals surface area contributed by atoms with Crippen LogP contribution in [0.25, 0.3) is 107 Å². The number of aliphatic hydroxyl groups is 2. The molecule has 12 rings (SSSR count). The first-order chi connectivity index (χ1) is 37.2. The number of aryl methyl sites for hydroxylation is 4. The molecule has 0 spiro atoms. The van der Waals surface area contributed by atoms with Gasteiger partial charge in [-0.25, -0.2) is 0 Å². The first-order valence-electron chi connectivity index (χ1n) is 25.6. The average Bonchev–Trinajstić information content (AvgIpc) is 4.23. The van der Waals surface area contributed by atoms with Gasteiger partial charge in [-0.3, -0.25) is 9.59 Å². The van der Waals surface area contributed by atoms with Crippen molar-refractivity contribution in [2.75, 3.05) is 0 Å². The number of pyridine rings is 2. The van der Waals surface area contributed by atoms with Crippen LogP contribution in [0.3, 0.4) is 0 Å². The Bertz CT molecular complexity index is 4240. The number of hydrogen-bond donors (Lipinski definition) is 2. The zero-order valence-corrected chi connectivity index (χ0v) is 52.8. The van der Waals surface area contributed by atoms with Crippen molar-refractivity contribution >= 4 is 98.3 Å². The molecule has 0 aliphatic rings. The van der Waals surface area contributed by atoms with E-state index in [0.717, 1.165) is 66.4 Å². The number of furan rings is 2. The summed E-state index contributed by atoms with van der Waals surface area (Å²) in [5, 5.41) is 23.6. The van der Waals surface area contributed by atoms with Crippen LogP contribution in [0.15, 0.2) is 172 Å². The number of hydrogen-bond acceptors (Lipinski definition) is 10. The van der Waals surface area contributed by atoms with Crippen molar-refractivity contribution in [2.45, 2.75) is 81.6 Å². The van der Waals surface area contributed by atoms with Gasteiger partial charge in [-0.15, -0.1) is 59.1 Å². The third-order valence-corrected chi connectivity index (χ3v) is 15.2. The molecule has 0 unspecified atom stereocenters. The first kappa shape index (κ1) is 60.5. The summed E-state index contributed by atoms with van der Waals surface area (Å²) in [5.41, 5.74) is 16.4. The summed E-state index contributed by atoms with van der Waals surface area (Å²) in [7, 11) is 0. The van der Waals surface area contributed by atoms with Crippen molar-refractivity contribution in [3.05, 3.63) is 203 Å². The van der Waals surface area contributed by atoms with Crippen molar-refractivity contribution < 1.29 is 68.8 Å². The van der Waals surface area contributed by atoms with E-state index in [0.29, 0.717) is 0 Å². The number of nitrogens with zero attached hydrogens (tertiary/aromatic N) is 2. The van der Waals surface area contributed by atoms with Gasteiger partial charge in [-0.05, 0) is 135 Å². The number of aromatic nitrogens is 2. The minimum Gasteiger partial charge on any atom is -0.512 e. The predicted octanol–water partition coefficient (Wildman–Crippen LogP) is 19.3. The van der Waals surface area contributed by atoms with Crippen LogP contribution in [0.5, 0.6) is 0 Å². The van der Waals surface area contributed by atoms with E-state index in [2.05, 4.69) is 139 Å². The number of allylic oxidation sites excluding steroid dienone is 4. The minimum atomic E-state index is -0.125. The zero-order valence-electron chi connectivity index (χ0n) is 46.3. The molecule has 6 aromatic heterocycles. The third-order valence-electron chi connectivity index (χ3n) is 13.0. The Morgan fingerprint density at radius 2 is 0.975 bits per heavy atom. The topological polar surface area (TPSA) is 127 Å². The van der Waals surface area contributed by atoms with Crippen molar-refractivity contribution in [1.29, 1.82) is 0 Å². The monoisotopic (exact) mass is 1450 g/mol. The number of carbonyl (C=O) groups excluding carboxylic acids is 2. The smallest absolute Gasteiger partial charge is 0.155 e. The van der Waals surface area contributed by atoms with Crippen LogP contribution in [0, 0.1) is 39.8 Å². The summed E-state index contributed by atoms with van der Waals surface area (Å²) < 4.78 is 14.8. The fraction of sp³-hybridized carbons (Fsp3) is 0.176. The molecule has 6 heterocycles. The normalized spacial score (nSPS) is 11.6. The number of aliphatic hydroxyl groups excluding tert-OH is 2. The Labute approximate surface area is 501 Å². The standard InChI is InChI=1S/C31H26NOS.C27H18NOS.2C5H8O2.2Ir/c1-18-13-21(31(3,4)5)14-19(2)29(18)27-16-20-15-25(32-17-28(20)34-27)24-11-8-10-23-22-9-6-7-12-26(22)33-30(23)24;1-16-10-17(2)12-18(11-16)25-14-19-13-23(28-15-26(19)30-25)22-8-5-7-21-20-6-3-4-9-24(20)29-27(21)22;2*1-4(6)3-5(2)7;;/h6-10,12-17H,1-5H3;3-7,9-15H,1-2H3;2*3,6H,1-2H3;;/q2*-1;;;;. The van der Waals surface area contributed by atoms with Gasteiger partial charge in [0.05, 0.1) is 32.1 Å². The number of carbonyl (C=O) groups is 2. The third kappa shape index (κ3) is 13.7. The first-order valence-corrected chi connectivity index (χ1v) is 27.2. The van der Waals surface area contributed by atoms with Crippen LogP contribution in [0.2, 0.25) is 0 Å². The van der Waals surface area contributed by atoms with Crippen molar-refractivity contribution in [1.82, 2.24) is 9.97 Å². The van der Waals surface area contributed by atoms with E-state index >= 15 is 0 Å². The van der Waals surface area contributed by atoms with E-state index in [1.54, 1.807) is 11.3 Å². The molecule has 2 N–H and O–H groups in total. The Balaban J connectivity index is 0.000000184. The van der Waals surface area contributed by atoms with Crippen LogP contribution in [0.4, 0.5) is 0 Å². The van der Waals surface area contributed by atoms with Crippen LogP contribution >= 0.6 is 22.7 Å². The van der Waals surface area contributed by atoms with Gasteiger partial charge in [0.1, 0.15) is 11.2 Å². The van der Waals surface area contributed by atoms with E-state index in [4.69, 9.17) is 29.0 Å². The Morgan fingerprint density at radius 3 is 1.39 bits per heavy atom. The van der Waals surface area contributed by atoms with Gasteiger partial charge in [0, 0.05) is 85.3 Å². The maximum absolute atomic E-state index is 10.0. The summed E-state index contributed by atoms with van der Waals surface area (Å²) in [4.78, 5) is 32.2. The molecule has 0 amide bonds. The molecule has 0 aliphatic carbocycles. The van der Waals surface area contributed by atoms with E-state index in [1.165, 1.54) is 109 Å². The molecule has 80 heavy (non-hydrogen) atoms. The summed E-state index contributed by atoms with van der Waals surface area (Å²) in [6.45, 7) is 21.3. The second kappa shape index (κ2) is 25.5. The molecular formula is C68H60Ir2N2O6S2-2. The largest absolute Gasteiger partial charge is 0.512 e. The number of thiophene rings is 2. The van der Waals surface area contributed by atoms with Gasteiger partial charge in [0.25, 0.3) is 0 Å². The fourth-order valence-corrected chi connectivity index (χ4v) is 11.9. The fourth-order valence-electron chi connectivity index (χ4n) is 9.68. The molecule has 6 aromatic carbocycles. The van der Waals surface area contributed by atoms with Gasteiger partial charge in [0.2, 0.25) is 0 Å². The molecule has 8 nitrogen and oxygen atoms in total. The van der Waals surface area contributed by atoms with E-state index < -0.39 is 0 Å². The summed E-state index contributed by atoms with van der Waals surface area (Å²) in [5.74, 6) is -0.125. The van der Waals surface area contributed by atoms with Gasteiger partial charge in [0.15, 0.2) is 11.6 Å². The second-order valence-corrected chi connectivity index (χ2v) is 22.9. The average molecular weight is 1450 g/mol. The van der Waals surface area contributed by atoms with Crippen LogP contribution in [0.1, 0.15) is 76.3 Å². The quantitative estimate of drug-likeness (QED) is 0.0958. The molecule has 12 heteroatoms. The molecule has 0 fully saturated rings. The predicted molar refractivity (Wildman–Crippen MR) is 325 cm³/mol. The molecule has 0 bridgehead atoms.